The zero-order chi connectivity index (χ0) is 9.72. The van der Waals surface area contributed by atoms with E-state index >= 15 is 0 Å². The van der Waals surface area contributed by atoms with E-state index < -0.39 is 31.0 Å². The van der Waals surface area contributed by atoms with E-state index in [1.807, 2.05) is 0 Å². The molecule has 0 aromatic rings. The zero-order valence-corrected chi connectivity index (χ0v) is 9.70. The lowest BCUT2D eigenvalue weighted by atomic mass is 10.0. The Morgan fingerprint density at radius 2 is 1.50 bits per heavy atom. The normalized spacial score (nSPS) is 18.1. The van der Waals surface area contributed by atoms with E-state index in [0.29, 0.717) is 0 Å². The van der Waals surface area contributed by atoms with Crippen LogP contribution in [-0.4, -0.2) is 85.9 Å². The molecule has 0 saturated heterocycles. The van der Waals surface area contributed by atoms with Gasteiger partial charge in [-0.3, -0.25) is 0 Å². The van der Waals surface area contributed by atoms with Gasteiger partial charge in [0.2, 0.25) is 0 Å². The average Bonchev–Trinajstić information content (AvgIpc) is 2.12. The number of hydrogen-bond acceptors (Lipinski definition) is 6. The van der Waals surface area contributed by atoms with Crippen LogP contribution in [0.4, 0.5) is 0 Å². The van der Waals surface area contributed by atoms with E-state index in [-0.39, 0.29) is 39.2 Å². The highest BCUT2D eigenvalue weighted by Gasteiger charge is 2.29. The number of rotatable bonds is 5. The Morgan fingerprint density at radius 1 is 1.07 bits per heavy atom. The molecule has 8 heteroatoms. The van der Waals surface area contributed by atoms with Crippen LogP contribution in [0.5, 0.6) is 0 Å². The predicted octanol–water partition coefficient (Wildman–Crippen LogP) is -2.90. The van der Waals surface area contributed by atoms with Crippen molar-refractivity contribution < 1.29 is 30.3 Å². The lowest BCUT2D eigenvalue weighted by Crippen LogP contribution is -2.46. The van der Waals surface area contributed by atoms with Gasteiger partial charge < -0.3 is 30.3 Å². The third-order valence-electron chi connectivity index (χ3n) is 1.42. The number of aliphatic hydroxyl groups excluding tert-OH is 5. The second-order valence-electron chi connectivity index (χ2n) is 2.36. The van der Waals surface area contributed by atoms with Gasteiger partial charge in [-0.1, -0.05) is 0 Å². The molecule has 6 nitrogen and oxygen atoms in total. The van der Waals surface area contributed by atoms with Crippen molar-refractivity contribution in [2.75, 3.05) is 6.61 Å². The van der Waals surface area contributed by atoms with Gasteiger partial charge >= 0.3 is 0 Å². The van der Waals surface area contributed by atoms with Crippen LogP contribution in [0, 0.1) is 0 Å². The third kappa shape index (κ3) is 6.21. The monoisotopic (exact) mass is 235 g/mol. The molecule has 5 radical (unpaired) electrons. The molecule has 0 fully saturated rings. The topological polar surface area (TPSA) is 118 Å². The standard InChI is InChI=1S/C6H12O6.Mg.P/c7-1-3(9)5(11)6(12)4(10)2-8;;/h1,3-6,8-12H,2H2;;/t3-,4+,5+,6+;;/m0../s1. The highest BCUT2D eigenvalue weighted by atomic mass is 31.0. The van der Waals surface area contributed by atoms with E-state index in [9.17, 15) is 4.79 Å². The van der Waals surface area contributed by atoms with Crippen LogP contribution >= 0.6 is 9.90 Å². The fraction of sp³-hybridized carbons (Fsp3) is 0.833. The molecule has 0 aromatic heterocycles. The summed E-state index contributed by atoms with van der Waals surface area (Å²) in [6.07, 6.45) is -6.84. The summed E-state index contributed by atoms with van der Waals surface area (Å²) in [5, 5.41) is 43.5. The summed E-state index contributed by atoms with van der Waals surface area (Å²) in [6.45, 7) is -0.760. The molecule has 14 heavy (non-hydrogen) atoms. The van der Waals surface area contributed by atoms with Crippen LogP contribution in [0.25, 0.3) is 0 Å². The van der Waals surface area contributed by atoms with Crippen molar-refractivity contribution in [2.24, 2.45) is 0 Å². The second kappa shape index (κ2) is 10.2. The van der Waals surface area contributed by atoms with Gasteiger partial charge in [0, 0.05) is 33.0 Å². The summed E-state index contributed by atoms with van der Waals surface area (Å²) < 4.78 is 0. The number of aliphatic hydroxyl groups is 5. The first-order valence-corrected chi connectivity index (χ1v) is 3.33. The van der Waals surface area contributed by atoms with E-state index in [1.165, 1.54) is 0 Å². The maximum Gasteiger partial charge on any atom is 0.151 e. The third-order valence-corrected chi connectivity index (χ3v) is 1.42. The SMILES string of the molecule is O=C[C@H](O)[C@@H](O)[C@H](O)[C@H](O)CO.[Mg].[P]. The lowest BCUT2D eigenvalue weighted by molar-refractivity contribution is -0.136. The molecule has 4 atom stereocenters. The van der Waals surface area contributed by atoms with Gasteiger partial charge in [-0.25, -0.2) is 0 Å². The Morgan fingerprint density at radius 3 is 1.79 bits per heavy atom. The highest BCUT2D eigenvalue weighted by molar-refractivity contribution is 6.92. The van der Waals surface area contributed by atoms with Crippen LogP contribution in [0.3, 0.4) is 0 Å². The van der Waals surface area contributed by atoms with Crippen LogP contribution in [-0.2, 0) is 4.79 Å². The van der Waals surface area contributed by atoms with E-state index in [1.54, 1.807) is 0 Å². The van der Waals surface area contributed by atoms with Crippen molar-refractivity contribution in [1.29, 1.82) is 0 Å². The van der Waals surface area contributed by atoms with Crippen molar-refractivity contribution in [1.82, 2.24) is 0 Å². The van der Waals surface area contributed by atoms with Crippen molar-refractivity contribution >= 4 is 39.2 Å². The molecular weight excluding hydrogens is 223 g/mol. The molecule has 0 spiro atoms. The van der Waals surface area contributed by atoms with Crippen molar-refractivity contribution in [3.63, 3.8) is 0 Å². The fourth-order valence-corrected chi connectivity index (χ4v) is 0.618. The van der Waals surface area contributed by atoms with Gasteiger partial charge in [0.15, 0.2) is 6.29 Å². The quantitative estimate of drug-likeness (QED) is 0.198. The summed E-state index contributed by atoms with van der Waals surface area (Å²) in [6, 6.07) is 0. The minimum Gasteiger partial charge on any atom is -0.394 e. The Bertz CT molecular complexity index is 148. The number of hydrogen-bond donors (Lipinski definition) is 5. The second-order valence-corrected chi connectivity index (χ2v) is 2.36. The summed E-state index contributed by atoms with van der Waals surface area (Å²) in [5.74, 6) is 0. The van der Waals surface area contributed by atoms with E-state index in [4.69, 9.17) is 25.5 Å². The van der Waals surface area contributed by atoms with Crippen LogP contribution < -0.4 is 0 Å². The number of aldehydes is 1. The summed E-state index contributed by atoms with van der Waals surface area (Å²) in [5.41, 5.74) is 0. The Labute approximate surface area is 101 Å². The molecule has 0 amide bonds. The van der Waals surface area contributed by atoms with Crippen LogP contribution in [0.15, 0.2) is 0 Å². The average molecular weight is 235 g/mol. The largest absolute Gasteiger partial charge is 0.394 e. The molecular formula is C6H12MgO6P. The lowest BCUT2D eigenvalue weighted by Gasteiger charge is -2.22. The Balaban J connectivity index is -0.000000605. The minimum atomic E-state index is -1.79. The van der Waals surface area contributed by atoms with Crippen molar-refractivity contribution in [3.05, 3.63) is 0 Å². The van der Waals surface area contributed by atoms with Crippen LogP contribution in [0.2, 0.25) is 0 Å². The first kappa shape index (κ1) is 20.1. The van der Waals surface area contributed by atoms with Crippen molar-refractivity contribution in [2.45, 2.75) is 24.4 Å². The molecule has 0 aromatic carbocycles. The smallest absolute Gasteiger partial charge is 0.151 e. The zero-order valence-electron chi connectivity index (χ0n) is 7.39. The van der Waals surface area contributed by atoms with Crippen molar-refractivity contribution in [3.8, 4) is 0 Å². The van der Waals surface area contributed by atoms with Crippen LogP contribution in [0.1, 0.15) is 0 Å². The molecule has 0 aliphatic heterocycles. The van der Waals surface area contributed by atoms with E-state index in [2.05, 4.69) is 0 Å². The maximum absolute atomic E-state index is 9.90. The van der Waals surface area contributed by atoms with Gasteiger partial charge in [0.05, 0.1) is 6.61 Å². The van der Waals surface area contributed by atoms with E-state index in [0.717, 1.165) is 0 Å². The fourth-order valence-electron chi connectivity index (χ4n) is 0.618. The number of carbonyl (C=O) groups is 1. The van der Waals surface area contributed by atoms with Gasteiger partial charge in [-0.15, -0.1) is 0 Å². The van der Waals surface area contributed by atoms with Gasteiger partial charge in [-0.2, -0.15) is 0 Å². The molecule has 0 saturated carbocycles. The summed E-state index contributed by atoms with van der Waals surface area (Å²) in [7, 11) is 0. The first-order valence-electron chi connectivity index (χ1n) is 3.33. The molecule has 79 valence electrons. The first-order chi connectivity index (χ1) is 5.54. The highest BCUT2D eigenvalue weighted by Crippen LogP contribution is 2.02. The van der Waals surface area contributed by atoms with Gasteiger partial charge in [0.25, 0.3) is 0 Å². The molecule has 0 heterocycles. The van der Waals surface area contributed by atoms with Gasteiger partial charge in [0.1, 0.15) is 24.4 Å². The van der Waals surface area contributed by atoms with Gasteiger partial charge in [-0.05, 0) is 0 Å². The molecule has 0 rings (SSSR count). The molecule has 0 aliphatic rings. The number of carbonyl (C=O) groups excluding carboxylic acids is 1. The molecule has 0 bridgehead atoms. The molecule has 0 aliphatic carbocycles. The minimum absolute atomic E-state index is 0. The maximum atomic E-state index is 9.90. The summed E-state index contributed by atoms with van der Waals surface area (Å²) in [4.78, 5) is 9.90. The Hall–Kier alpha value is 0.666. The molecule has 0 unspecified atom stereocenters. The Kier molecular flexibility index (Phi) is 14.7. The summed E-state index contributed by atoms with van der Waals surface area (Å²) >= 11 is 0. The molecule has 5 N–H and O–H groups in total. The predicted molar refractivity (Wildman–Crippen MR) is 49.9 cm³/mol.